The Hall–Kier alpha value is -1.75. The van der Waals surface area contributed by atoms with Gasteiger partial charge in [0.2, 0.25) is 5.78 Å². The molecular formula is C23H30O5. The van der Waals surface area contributed by atoms with Crippen LogP contribution in [0.3, 0.4) is 0 Å². The molecule has 4 aliphatic carbocycles. The molecule has 0 radical (unpaired) electrons. The van der Waals surface area contributed by atoms with Crippen LogP contribution in [0.2, 0.25) is 0 Å². The van der Waals surface area contributed by atoms with Gasteiger partial charge in [0.25, 0.3) is 0 Å². The first kappa shape index (κ1) is 19.6. The Morgan fingerprint density at radius 2 is 1.89 bits per heavy atom. The molecule has 0 spiro atoms. The fraction of sp³-hybridized carbons (Fsp3) is 0.696. The highest BCUT2D eigenvalue weighted by atomic mass is 16.5. The number of aliphatic hydroxyl groups is 1. The van der Waals surface area contributed by atoms with E-state index < -0.39 is 17.0 Å². The standard InChI is InChI=1S/C23H30O5/c1-14(24)28-13-20(26)23(27)11-8-19-17-5-4-15-12-16(25)6-9-21(15,2)18(17)7-10-22(19,23)3/h6,9,12,17-19,27H,4-5,7-8,10-11,13H2,1-3H3/t17-,18?,19+,21+,22+,23+/m1/s1. The van der Waals surface area contributed by atoms with E-state index in [4.69, 9.17) is 4.74 Å². The second-order valence-corrected chi connectivity index (χ2v) is 9.66. The average Bonchev–Trinajstić information content (AvgIpc) is 2.92. The molecule has 28 heavy (non-hydrogen) atoms. The average molecular weight is 386 g/mol. The molecule has 5 heteroatoms. The maximum atomic E-state index is 12.8. The molecule has 1 N–H and O–H groups in total. The third kappa shape index (κ3) is 2.58. The monoisotopic (exact) mass is 386 g/mol. The Kier molecular flexibility index (Phi) is 4.46. The van der Waals surface area contributed by atoms with Gasteiger partial charge in [-0.15, -0.1) is 0 Å². The van der Waals surface area contributed by atoms with Crippen LogP contribution in [0.15, 0.2) is 23.8 Å². The summed E-state index contributed by atoms with van der Waals surface area (Å²) in [7, 11) is 0. The summed E-state index contributed by atoms with van der Waals surface area (Å²) in [6, 6.07) is 0. The van der Waals surface area contributed by atoms with E-state index in [1.807, 2.05) is 6.08 Å². The number of carbonyl (C=O) groups excluding carboxylic acids is 3. The van der Waals surface area contributed by atoms with E-state index in [0.717, 1.165) is 32.1 Å². The Morgan fingerprint density at radius 3 is 2.61 bits per heavy atom. The lowest BCUT2D eigenvalue weighted by atomic mass is 9.47. The van der Waals surface area contributed by atoms with Gasteiger partial charge in [0.05, 0.1) is 0 Å². The van der Waals surface area contributed by atoms with E-state index in [1.165, 1.54) is 12.5 Å². The third-order valence-corrected chi connectivity index (χ3v) is 8.58. The maximum Gasteiger partial charge on any atom is 0.303 e. The van der Waals surface area contributed by atoms with Crippen molar-refractivity contribution < 1.29 is 24.2 Å². The number of fused-ring (bicyclic) bond motifs is 5. The molecule has 0 saturated heterocycles. The van der Waals surface area contributed by atoms with Crippen LogP contribution in [0.25, 0.3) is 0 Å². The molecule has 5 nitrogen and oxygen atoms in total. The largest absolute Gasteiger partial charge is 0.458 e. The molecule has 0 amide bonds. The minimum atomic E-state index is -1.42. The highest BCUT2D eigenvalue weighted by Gasteiger charge is 2.66. The lowest BCUT2D eigenvalue weighted by molar-refractivity contribution is -0.168. The van der Waals surface area contributed by atoms with Gasteiger partial charge in [-0.25, -0.2) is 0 Å². The summed E-state index contributed by atoms with van der Waals surface area (Å²) in [6.45, 7) is 5.23. The summed E-state index contributed by atoms with van der Waals surface area (Å²) < 4.78 is 4.91. The van der Waals surface area contributed by atoms with Crippen molar-refractivity contribution >= 4 is 17.5 Å². The van der Waals surface area contributed by atoms with Crippen LogP contribution in [0.5, 0.6) is 0 Å². The fourth-order valence-corrected chi connectivity index (χ4v) is 6.96. The number of hydrogen-bond acceptors (Lipinski definition) is 5. The van der Waals surface area contributed by atoms with Crippen LogP contribution in [-0.2, 0) is 19.1 Å². The molecule has 1 unspecified atom stereocenters. The number of Topliss-reactive ketones (excluding diaryl/α,β-unsaturated/α-hetero) is 1. The minimum Gasteiger partial charge on any atom is -0.458 e. The molecular weight excluding hydrogens is 356 g/mol. The van der Waals surface area contributed by atoms with Gasteiger partial charge < -0.3 is 9.84 Å². The molecule has 3 saturated carbocycles. The van der Waals surface area contributed by atoms with Crippen LogP contribution < -0.4 is 0 Å². The lowest BCUT2D eigenvalue weighted by Gasteiger charge is -2.57. The summed E-state index contributed by atoms with van der Waals surface area (Å²) in [6.07, 6.45) is 10.5. The van der Waals surface area contributed by atoms with E-state index in [0.29, 0.717) is 18.3 Å². The summed E-state index contributed by atoms with van der Waals surface area (Å²) in [4.78, 5) is 35.8. The van der Waals surface area contributed by atoms with Crippen LogP contribution in [0.1, 0.15) is 59.3 Å². The highest BCUT2D eigenvalue weighted by molar-refractivity contribution is 6.01. The van der Waals surface area contributed by atoms with E-state index in [2.05, 4.69) is 19.9 Å². The molecule has 0 heterocycles. The molecule has 6 atom stereocenters. The summed E-state index contributed by atoms with van der Waals surface area (Å²) in [5.74, 6) is 0.338. The molecule has 0 aromatic rings. The Bertz CT molecular complexity index is 795. The van der Waals surface area contributed by atoms with Crippen molar-refractivity contribution in [3.8, 4) is 0 Å². The molecule has 152 valence electrons. The van der Waals surface area contributed by atoms with Gasteiger partial charge in [-0.05, 0) is 68.4 Å². The van der Waals surface area contributed by atoms with Crippen LogP contribution >= 0.6 is 0 Å². The van der Waals surface area contributed by atoms with Crippen molar-refractivity contribution in [3.05, 3.63) is 23.8 Å². The maximum absolute atomic E-state index is 12.8. The second-order valence-electron chi connectivity index (χ2n) is 9.66. The van der Waals surface area contributed by atoms with Gasteiger partial charge in [0.1, 0.15) is 5.60 Å². The van der Waals surface area contributed by atoms with Gasteiger partial charge in [-0.3, -0.25) is 14.4 Å². The SMILES string of the molecule is CC(=O)OCC(=O)[C@@]1(O)CC[C@H]2[C@@H]3CCC4=CC(=O)C=C[C@]4(C)C3CC[C@@]21C. The zero-order valence-electron chi connectivity index (χ0n) is 17.0. The summed E-state index contributed by atoms with van der Waals surface area (Å²) in [5, 5.41) is 11.4. The van der Waals surface area contributed by atoms with Crippen LogP contribution in [0, 0.1) is 28.6 Å². The number of allylic oxidation sites excluding steroid dienone is 4. The van der Waals surface area contributed by atoms with Crippen molar-refractivity contribution in [1.29, 1.82) is 0 Å². The highest BCUT2D eigenvalue weighted by Crippen LogP contribution is 2.67. The predicted molar refractivity (Wildman–Crippen MR) is 103 cm³/mol. The number of ketones is 2. The number of carbonyl (C=O) groups is 3. The lowest BCUT2D eigenvalue weighted by Crippen LogP contribution is -2.58. The first-order valence-electron chi connectivity index (χ1n) is 10.4. The van der Waals surface area contributed by atoms with Gasteiger partial charge in [0, 0.05) is 17.8 Å². The predicted octanol–water partition coefficient (Wildman–Crippen LogP) is 3.16. The molecule has 0 bridgehead atoms. The Labute approximate surface area is 166 Å². The summed E-state index contributed by atoms with van der Waals surface area (Å²) >= 11 is 0. The van der Waals surface area contributed by atoms with Crippen molar-refractivity contribution in [1.82, 2.24) is 0 Å². The zero-order valence-corrected chi connectivity index (χ0v) is 17.0. The molecule has 3 fully saturated rings. The van der Waals surface area contributed by atoms with E-state index in [-0.39, 0.29) is 29.5 Å². The number of esters is 1. The second kappa shape index (κ2) is 6.38. The van der Waals surface area contributed by atoms with Crippen LogP contribution in [0.4, 0.5) is 0 Å². The van der Waals surface area contributed by atoms with Crippen molar-refractivity contribution in [2.45, 2.75) is 64.9 Å². The van der Waals surface area contributed by atoms with Crippen molar-refractivity contribution in [3.63, 3.8) is 0 Å². The van der Waals surface area contributed by atoms with Gasteiger partial charge >= 0.3 is 5.97 Å². The Balaban J connectivity index is 1.61. The van der Waals surface area contributed by atoms with Gasteiger partial charge in [-0.1, -0.05) is 25.5 Å². The first-order valence-corrected chi connectivity index (χ1v) is 10.4. The molecule has 0 aromatic heterocycles. The fourth-order valence-electron chi connectivity index (χ4n) is 6.96. The normalized spacial score (nSPS) is 44.2. The minimum absolute atomic E-state index is 0.0814. The quantitative estimate of drug-likeness (QED) is 0.754. The van der Waals surface area contributed by atoms with Gasteiger partial charge in [0.15, 0.2) is 12.4 Å². The molecule has 0 aromatic carbocycles. The van der Waals surface area contributed by atoms with Crippen molar-refractivity contribution in [2.24, 2.45) is 28.6 Å². The molecule has 0 aliphatic heterocycles. The smallest absolute Gasteiger partial charge is 0.303 e. The zero-order chi connectivity index (χ0) is 20.3. The summed E-state index contributed by atoms with van der Waals surface area (Å²) in [5.41, 5.74) is -0.769. The molecule has 4 aliphatic rings. The number of rotatable bonds is 3. The molecule has 4 rings (SSSR count). The third-order valence-electron chi connectivity index (χ3n) is 8.58. The van der Waals surface area contributed by atoms with Crippen molar-refractivity contribution in [2.75, 3.05) is 6.61 Å². The van der Waals surface area contributed by atoms with E-state index in [9.17, 15) is 19.5 Å². The van der Waals surface area contributed by atoms with Gasteiger partial charge in [-0.2, -0.15) is 0 Å². The Morgan fingerprint density at radius 1 is 1.18 bits per heavy atom. The number of hydrogen-bond donors (Lipinski definition) is 1. The first-order chi connectivity index (χ1) is 13.1. The van der Waals surface area contributed by atoms with E-state index in [1.54, 1.807) is 6.08 Å². The topological polar surface area (TPSA) is 80.7 Å². The van der Waals surface area contributed by atoms with Crippen LogP contribution in [-0.4, -0.2) is 34.9 Å². The number of ether oxygens (including phenoxy) is 1. The van der Waals surface area contributed by atoms with E-state index >= 15 is 0 Å².